The minimum Gasteiger partial charge on any atom is -0.391 e. The van der Waals surface area contributed by atoms with Crippen LogP contribution in [0.3, 0.4) is 0 Å². The highest BCUT2D eigenvalue weighted by Crippen LogP contribution is 2.40. The maximum absolute atomic E-state index is 12.6. The Labute approximate surface area is 186 Å². The fourth-order valence-corrected chi connectivity index (χ4v) is 4.61. The maximum atomic E-state index is 12.6. The highest BCUT2D eigenvalue weighted by molar-refractivity contribution is 5.81. The lowest BCUT2D eigenvalue weighted by Crippen LogP contribution is -2.42. The third kappa shape index (κ3) is 3.80. The predicted octanol–water partition coefficient (Wildman–Crippen LogP) is 2.10. The van der Waals surface area contributed by atoms with Crippen LogP contribution in [0.5, 0.6) is 0 Å². The summed E-state index contributed by atoms with van der Waals surface area (Å²) in [5.74, 6) is 0.551. The fraction of sp³-hybridized carbons (Fsp3) is 0.320. The van der Waals surface area contributed by atoms with Crippen LogP contribution in [0.1, 0.15) is 24.0 Å². The van der Waals surface area contributed by atoms with E-state index in [9.17, 15) is 9.90 Å². The molecule has 2 N–H and O–H groups in total. The van der Waals surface area contributed by atoms with Crippen LogP contribution >= 0.6 is 0 Å². The molecule has 2 aliphatic rings. The summed E-state index contributed by atoms with van der Waals surface area (Å²) in [4.78, 5) is 28.8. The SMILES string of the molecule is C=c1nc2c(c(=O)[nH]1)=Nc1cc(C)c(N3CCC(O)C3)cc1N2CCCc1ccccc1. The smallest absolute Gasteiger partial charge is 0.279 e. The van der Waals surface area contributed by atoms with E-state index in [1.807, 2.05) is 19.1 Å². The molecule has 0 amide bonds. The molecule has 1 aromatic heterocycles. The second kappa shape index (κ2) is 8.24. The Morgan fingerprint density at radius 3 is 2.78 bits per heavy atom. The number of nitrogens with one attached hydrogen (secondary N) is 1. The van der Waals surface area contributed by atoms with Crippen molar-refractivity contribution < 1.29 is 5.11 Å². The number of hydrogen-bond acceptors (Lipinski definition) is 6. The first-order chi connectivity index (χ1) is 15.5. The molecule has 1 atom stereocenters. The number of nitrogens with zero attached hydrogens (tertiary/aromatic N) is 4. The first-order valence-electron chi connectivity index (χ1n) is 11.1. The number of aromatic amines is 1. The van der Waals surface area contributed by atoms with Crippen molar-refractivity contribution in [1.82, 2.24) is 9.97 Å². The van der Waals surface area contributed by atoms with Gasteiger partial charge in [-0.1, -0.05) is 36.9 Å². The van der Waals surface area contributed by atoms with E-state index in [2.05, 4.69) is 61.7 Å². The summed E-state index contributed by atoms with van der Waals surface area (Å²) in [5.41, 5.74) is 5.20. The number of fused-ring (bicyclic) bond motifs is 2. The molecule has 164 valence electrons. The molecule has 0 saturated carbocycles. The summed E-state index contributed by atoms with van der Waals surface area (Å²) in [6.45, 7) is 8.04. The van der Waals surface area contributed by atoms with Gasteiger partial charge in [0.15, 0.2) is 11.2 Å². The van der Waals surface area contributed by atoms with Gasteiger partial charge in [0.05, 0.1) is 17.5 Å². The van der Waals surface area contributed by atoms with Gasteiger partial charge in [-0.25, -0.2) is 9.98 Å². The first-order valence-corrected chi connectivity index (χ1v) is 11.1. The van der Waals surface area contributed by atoms with Crippen LogP contribution in [0.15, 0.2) is 52.3 Å². The zero-order valence-electron chi connectivity index (χ0n) is 18.2. The summed E-state index contributed by atoms with van der Waals surface area (Å²) in [7, 11) is 0. The molecule has 1 unspecified atom stereocenters. The number of aryl methyl sites for hydroxylation is 2. The summed E-state index contributed by atoms with van der Waals surface area (Å²) in [6.07, 6.45) is 2.30. The van der Waals surface area contributed by atoms with Crippen LogP contribution in [0, 0.1) is 6.92 Å². The Hall–Kier alpha value is -3.45. The topological polar surface area (TPSA) is 84.8 Å². The van der Waals surface area contributed by atoms with E-state index < -0.39 is 0 Å². The third-order valence-corrected chi connectivity index (χ3v) is 6.19. The summed E-state index contributed by atoms with van der Waals surface area (Å²) < 4.78 is 0. The number of aliphatic hydroxyl groups excluding tert-OH is 1. The summed E-state index contributed by atoms with van der Waals surface area (Å²) >= 11 is 0. The van der Waals surface area contributed by atoms with Gasteiger partial charge in [-0.2, -0.15) is 0 Å². The largest absolute Gasteiger partial charge is 0.391 e. The van der Waals surface area contributed by atoms with Crippen LogP contribution in [0.4, 0.5) is 22.9 Å². The zero-order valence-corrected chi connectivity index (χ0v) is 18.2. The molecule has 0 aliphatic carbocycles. The van der Waals surface area contributed by atoms with Gasteiger partial charge in [0.2, 0.25) is 0 Å². The van der Waals surface area contributed by atoms with Crippen molar-refractivity contribution in [3.63, 3.8) is 0 Å². The molecule has 3 heterocycles. The van der Waals surface area contributed by atoms with E-state index in [4.69, 9.17) is 0 Å². The Kier molecular flexibility index (Phi) is 5.27. The van der Waals surface area contributed by atoms with Crippen molar-refractivity contribution in [2.45, 2.75) is 32.3 Å². The van der Waals surface area contributed by atoms with Crippen molar-refractivity contribution in [3.8, 4) is 0 Å². The lowest BCUT2D eigenvalue weighted by molar-refractivity contribution is 0.198. The average Bonchev–Trinajstić information content (AvgIpc) is 3.20. The lowest BCUT2D eigenvalue weighted by Gasteiger charge is -2.30. The summed E-state index contributed by atoms with van der Waals surface area (Å²) in [6, 6.07) is 14.5. The molecule has 0 spiro atoms. The maximum Gasteiger partial charge on any atom is 0.279 e. The first kappa shape index (κ1) is 20.5. The van der Waals surface area contributed by atoms with Crippen molar-refractivity contribution >= 4 is 29.5 Å². The molecule has 7 heteroatoms. The predicted molar refractivity (Wildman–Crippen MR) is 127 cm³/mol. The van der Waals surface area contributed by atoms with E-state index in [1.165, 1.54) is 5.56 Å². The summed E-state index contributed by atoms with van der Waals surface area (Å²) in [5, 5.41) is 10.4. The minimum atomic E-state index is -0.299. The van der Waals surface area contributed by atoms with Gasteiger partial charge in [0, 0.05) is 25.3 Å². The Morgan fingerprint density at radius 1 is 1.22 bits per heavy atom. The molecule has 0 bridgehead atoms. The Balaban J connectivity index is 1.56. The normalized spacial score (nSPS) is 17.1. The van der Waals surface area contributed by atoms with Crippen molar-refractivity contribution in [2.75, 3.05) is 29.4 Å². The van der Waals surface area contributed by atoms with Gasteiger partial charge in [0.1, 0.15) is 5.48 Å². The zero-order chi connectivity index (χ0) is 22.2. The molecular formula is C25H27N5O2. The molecule has 3 aromatic rings. The number of benzene rings is 2. The van der Waals surface area contributed by atoms with Crippen LogP contribution in [-0.2, 0) is 6.42 Å². The standard InChI is InChI=1S/C25H27N5O2/c1-16-13-20-22(14-21(16)29-12-10-19(31)15-29)30(11-6-9-18-7-4-3-5-8-18)24-23(28-20)25(32)27-17(2)26-24/h3-5,7-8,13-14,19,31H,2,6,9-12,15H2,1H3,(H,27,32). The molecule has 7 nitrogen and oxygen atoms in total. The highest BCUT2D eigenvalue weighted by Gasteiger charge is 2.27. The Morgan fingerprint density at radius 2 is 2.03 bits per heavy atom. The van der Waals surface area contributed by atoms with E-state index >= 15 is 0 Å². The number of hydrogen-bond donors (Lipinski definition) is 2. The van der Waals surface area contributed by atoms with Gasteiger partial charge in [-0.15, -0.1) is 0 Å². The van der Waals surface area contributed by atoms with Gasteiger partial charge < -0.3 is 19.9 Å². The molecule has 2 aromatic carbocycles. The monoisotopic (exact) mass is 429 g/mol. The molecule has 2 aliphatic heterocycles. The van der Waals surface area contributed by atoms with Crippen molar-refractivity contribution in [1.29, 1.82) is 0 Å². The number of β-amino-alcohol motifs (C(OH)–C–C–N with tert-alkyl or cyclic N) is 1. The fourth-order valence-electron chi connectivity index (χ4n) is 4.61. The van der Waals surface area contributed by atoms with Crippen LogP contribution < -0.4 is 26.2 Å². The molecular weight excluding hydrogens is 402 g/mol. The number of rotatable bonds is 5. The van der Waals surface area contributed by atoms with Crippen molar-refractivity contribution in [2.24, 2.45) is 4.99 Å². The van der Waals surface area contributed by atoms with Crippen LogP contribution in [0.2, 0.25) is 0 Å². The third-order valence-electron chi connectivity index (χ3n) is 6.19. The molecule has 32 heavy (non-hydrogen) atoms. The average molecular weight is 430 g/mol. The molecule has 1 saturated heterocycles. The van der Waals surface area contributed by atoms with Crippen LogP contribution in [-0.4, -0.2) is 40.8 Å². The van der Waals surface area contributed by atoms with Gasteiger partial charge in [-0.3, -0.25) is 4.79 Å². The molecule has 1 fully saturated rings. The number of aromatic nitrogens is 2. The molecule has 5 rings (SSSR count). The number of anilines is 3. The number of aliphatic hydroxyl groups is 1. The van der Waals surface area contributed by atoms with Gasteiger partial charge >= 0.3 is 0 Å². The Bertz CT molecular complexity index is 1320. The quantitative estimate of drug-likeness (QED) is 0.649. The van der Waals surface area contributed by atoms with Crippen molar-refractivity contribution in [3.05, 3.63) is 74.8 Å². The lowest BCUT2D eigenvalue weighted by atomic mass is 10.1. The van der Waals surface area contributed by atoms with E-state index in [1.54, 1.807) is 0 Å². The second-order valence-corrected chi connectivity index (χ2v) is 8.55. The van der Waals surface area contributed by atoms with Gasteiger partial charge in [-0.05, 0) is 49.4 Å². The minimum absolute atomic E-state index is 0.275. The van der Waals surface area contributed by atoms with Crippen LogP contribution in [0.25, 0.3) is 6.58 Å². The van der Waals surface area contributed by atoms with Gasteiger partial charge in [0.25, 0.3) is 5.56 Å². The number of H-pyrrole nitrogens is 1. The second-order valence-electron chi connectivity index (χ2n) is 8.55. The highest BCUT2D eigenvalue weighted by atomic mass is 16.3. The molecule has 0 radical (unpaired) electrons. The van der Waals surface area contributed by atoms with E-state index in [-0.39, 0.29) is 11.7 Å². The van der Waals surface area contributed by atoms with E-state index in [0.717, 1.165) is 48.4 Å². The van der Waals surface area contributed by atoms with E-state index in [0.29, 0.717) is 29.7 Å².